The van der Waals surface area contributed by atoms with Crippen molar-refractivity contribution >= 4 is 18.9 Å². The summed E-state index contributed by atoms with van der Waals surface area (Å²) in [5.74, 6) is -0.783. The van der Waals surface area contributed by atoms with E-state index in [-0.39, 0.29) is 36.0 Å². The highest BCUT2D eigenvalue weighted by Gasteiger charge is 2.68. The van der Waals surface area contributed by atoms with Gasteiger partial charge in [0, 0.05) is 6.54 Å². The van der Waals surface area contributed by atoms with E-state index in [4.69, 9.17) is 9.31 Å². The first-order valence-electron chi connectivity index (χ1n) is 16.0. The number of hydrogen-bond donors (Lipinski definition) is 3. The van der Waals surface area contributed by atoms with Gasteiger partial charge in [0.25, 0.3) is 5.91 Å². The number of carbonyl (C=O) groups excluding carboxylic acids is 2. The minimum Gasteiger partial charge on any atom is -0.404 e. The number of nitriles is 1. The molecule has 3 aliphatic carbocycles. The van der Waals surface area contributed by atoms with Crippen molar-refractivity contribution in [2.75, 3.05) is 13.1 Å². The Balaban J connectivity index is 1.42. The number of amides is 2. The molecular weight excluding hydrogens is 584 g/mol. The minimum absolute atomic E-state index is 0.0179. The normalized spacial score (nSPS) is 26.8. The van der Waals surface area contributed by atoms with Crippen LogP contribution in [0.5, 0.6) is 0 Å². The number of allylic oxidation sites excluding steroid dienone is 1. The zero-order valence-corrected chi connectivity index (χ0v) is 26.9. The largest absolute Gasteiger partial charge is 0.482 e. The van der Waals surface area contributed by atoms with E-state index in [1.165, 1.54) is 0 Å². The van der Waals surface area contributed by atoms with E-state index >= 15 is 0 Å². The lowest BCUT2D eigenvalue weighted by molar-refractivity contribution is -0.199. The van der Waals surface area contributed by atoms with Crippen LogP contribution in [-0.4, -0.2) is 61.9 Å². The molecule has 45 heavy (non-hydrogen) atoms. The summed E-state index contributed by atoms with van der Waals surface area (Å²) < 4.78 is 52.8. The summed E-state index contributed by atoms with van der Waals surface area (Å²) >= 11 is 0. The van der Waals surface area contributed by atoms with Crippen molar-refractivity contribution < 1.29 is 32.1 Å². The number of carbonyl (C=O) groups is 2. The number of alkyl halides is 3. The predicted molar refractivity (Wildman–Crippen MR) is 165 cm³/mol. The number of halogens is 3. The number of nitrogens with one attached hydrogen (secondary N) is 3. The van der Waals surface area contributed by atoms with Crippen molar-refractivity contribution in [2.24, 2.45) is 23.2 Å². The Morgan fingerprint density at radius 2 is 1.87 bits per heavy atom. The topological polar surface area (TPSA) is 112 Å². The molecule has 1 aliphatic heterocycles. The molecule has 5 rings (SSSR count). The molecule has 0 unspecified atom stereocenters. The molecule has 12 heteroatoms. The molecule has 3 saturated carbocycles. The summed E-state index contributed by atoms with van der Waals surface area (Å²) in [6.07, 6.45) is 0.205. The van der Waals surface area contributed by atoms with Gasteiger partial charge in [-0.2, -0.15) is 18.4 Å². The fourth-order valence-electron chi connectivity index (χ4n) is 7.27. The van der Waals surface area contributed by atoms with E-state index in [1.807, 2.05) is 50.2 Å². The van der Waals surface area contributed by atoms with Gasteiger partial charge in [0.1, 0.15) is 11.6 Å². The highest BCUT2D eigenvalue weighted by atomic mass is 19.4. The number of nitrogens with zero attached hydrogens (tertiary/aromatic N) is 1. The van der Waals surface area contributed by atoms with Crippen LogP contribution in [0.25, 0.3) is 0 Å². The van der Waals surface area contributed by atoms with Gasteiger partial charge in [-0.3, -0.25) is 14.9 Å². The van der Waals surface area contributed by atoms with Crippen molar-refractivity contribution in [3.63, 3.8) is 0 Å². The average Bonchev–Trinajstić information content (AvgIpc) is 3.33. The molecule has 4 aliphatic rings. The first-order chi connectivity index (χ1) is 21.1. The zero-order chi connectivity index (χ0) is 33.0. The van der Waals surface area contributed by atoms with Crippen molar-refractivity contribution in [1.82, 2.24) is 16.0 Å². The third-order valence-electron chi connectivity index (χ3n) is 9.86. The fourth-order valence-corrected chi connectivity index (χ4v) is 7.27. The van der Waals surface area contributed by atoms with E-state index < -0.39 is 49.2 Å². The molecule has 1 heterocycles. The van der Waals surface area contributed by atoms with Gasteiger partial charge < -0.3 is 19.9 Å². The Morgan fingerprint density at radius 1 is 1.16 bits per heavy atom. The summed E-state index contributed by atoms with van der Waals surface area (Å²) in [6.45, 7) is 9.24. The Kier molecular flexibility index (Phi) is 11.1. The lowest BCUT2D eigenvalue weighted by atomic mass is 9.43. The van der Waals surface area contributed by atoms with Crippen molar-refractivity contribution in [1.29, 1.82) is 5.26 Å². The van der Waals surface area contributed by atoms with Crippen LogP contribution in [0.1, 0.15) is 72.3 Å². The minimum atomic E-state index is -4.50. The maximum atomic E-state index is 13.6. The number of unbranched alkanes of at least 4 members (excludes halogenated alkanes) is 1. The molecule has 0 radical (unpaired) electrons. The highest BCUT2D eigenvalue weighted by molar-refractivity contribution is 6.48. The lowest BCUT2D eigenvalue weighted by Crippen LogP contribution is -2.65. The van der Waals surface area contributed by atoms with Gasteiger partial charge in [-0.05, 0) is 74.2 Å². The maximum Gasteiger partial charge on any atom is 0.482 e. The van der Waals surface area contributed by atoms with Crippen LogP contribution in [0.2, 0.25) is 0 Å². The summed E-state index contributed by atoms with van der Waals surface area (Å²) in [5.41, 5.74) is 0.591. The van der Waals surface area contributed by atoms with Gasteiger partial charge in [0.15, 0.2) is 0 Å². The Labute approximate surface area is 265 Å². The lowest BCUT2D eigenvalue weighted by Gasteiger charge is -2.64. The molecule has 0 aromatic heterocycles. The molecule has 6 atom stereocenters. The van der Waals surface area contributed by atoms with E-state index in [1.54, 1.807) is 6.08 Å². The van der Waals surface area contributed by atoms with Crippen LogP contribution in [0.3, 0.4) is 0 Å². The van der Waals surface area contributed by atoms with Crippen LogP contribution < -0.4 is 16.0 Å². The van der Waals surface area contributed by atoms with Gasteiger partial charge in [-0.15, -0.1) is 0 Å². The van der Waals surface area contributed by atoms with Gasteiger partial charge in [0.2, 0.25) is 5.91 Å². The van der Waals surface area contributed by atoms with Gasteiger partial charge >= 0.3 is 13.3 Å². The second-order valence-electron chi connectivity index (χ2n) is 13.9. The molecule has 2 bridgehead atoms. The van der Waals surface area contributed by atoms with E-state index in [9.17, 15) is 28.0 Å². The second-order valence-corrected chi connectivity index (χ2v) is 13.9. The molecule has 1 aromatic carbocycles. The zero-order valence-electron chi connectivity index (χ0n) is 26.9. The average molecular weight is 631 g/mol. The van der Waals surface area contributed by atoms with E-state index in [0.717, 1.165) is 18.4 Å². The van der Waals surface area contributed by atoms with Crippen LogP contribution in [0, 0.1) is 34.5 Å². The third-order valence-corrected chi connectivity index (χ3v) is 9.86. The first-order valence-corrected chi connectivity index (χ1v) is 16.0. The standard InChI is InChI=1S/C33H46BF3N4O4/c1-21(2)15-23(19-38)29(42)39-14-10-9-13-25(40-20-33(35,36)37)30(43)41-28(16-22-11-7-6-8-12-22)34-44-27-18-24-17-26(31(24,3)4)32(27,5)45-34/h6-8,11-12,15,21,24-28,40H,9-10,13-14,16-18,20H2,1-5H3,(H,39,42)(H,41,43)/t24-,25-,26-,27+,28-,32-/m0/s1. The molecular formula is C33H46BF3N4O4. The summed E-state index contributed by atoms with van der Waals surface area (Å²) in [4.78, 5) is 25.9. The van der Waals surface area contributed by atoms with Crippen LogP contribution in [-0.2, 0) is 25.3 Å². The third kappa shape index (κ3) is 8.49. The monoisotopic (exact) mass is 630 g/mol. The van der Waals surface area contributed by atoms with Crippen molar-refractivity contribution in [2.45, 2.75) is 103 Å². The van der Waals surface area contributed by atoms with Crippen LogP contribution >= 0.6 is 0 Å². The number of hydrogen-bond acceptors (Lipinski definition) is 6. The second kappa shape index (κ2) is 14.3. The maximum absolute atomic E-state index is 13.6. The molecule has 8 nitrogen and oxygen atoms in total. The molecule has 4 fully saturated rings. The number of benzene rings is 1. The van der Waals surface area contributed by atoms with Gasteiger partial charge in [0.05, 0.1) is 30.2 Å². The molecule has 246 valence electrons. The Hall–Kier alpha value is -2.88. The molecule has 0 spiro atoms. The fraction of sp³-hybridized carbons (Fsp3) is 0.667. The summed E-state index contributed by atoms with van der Waals surface area (Å²) in [5, 5.41) is 17.3. The molecule has 3 N–H and O–H groups in total. The quantitative estimate of drug-likeness (QED) is 0.117. The molecule has 1 saturated heterocycles. The van der Waals surface area contributed by atoms with Gasteiger partial charge in [-0.25, -0.2) is 0 Å². The van der Waals surface area contributed by atoms with Crippen molar-refractivity contribution in [3.05, 3.63) is 47.5 Å². The summed E-state index contributed by atoms with van der Waals surface area (Å²) in [6, 6.07) is 10.3. The van der Waals surface area contributed by atoms with E-state index in [0.29, 0.717) is 31.1 Å². The SMILES string of the molecule is CC(C)C=C(C#N)C(=O)NCCCC[C@H](NCC(F)(F)F)C(=O)N[C@@H](Cc1ccccc1)B1O[C@@H]2C[C@@H]3C[C@@H](C3(C)C)[C@]2(C)O1. The highest BCUT2D eigenvalue weighted by Crippen LogP contribution is 2.65. The molecule has 1 aromatic rings. The molecule has 2 amide bonds. The van der Waals surface area contributed by atoms with E-state index in [2.05, 4.69) is 36.7 Å². The van der Waals surface area contributed by atoms with Gasteiger partial charge in [-0.1, -0.05) is 64.1 Å². The van der Waals surface area contributed by atoms with Crippen LogP contribution in [0.4, 0.5) is 13.2 Å². The Morgan fingerprint density at radius 3 is 2.49 bits per heavy atom. The van der Waals surface area contributed by atoms with Crippen molar-refractivity contribution in [3.8, 4) is 6.07 Å². The first kappa shape index (κ1) is 35.0. The predicted octanol–water partition coefficient (Wildman–Crippen LogP) is 4.89. The Bertz CT molecular complexity index is 1270. The van der Waals surface area contributed by atoms with Crippen LogP contribution in [0.15, 0.2) is 42.0 Å². The number of rotatable bonds is 14. The smallest absolute Gasteiger partial charge is 0.404 e. The summed E-state index contributed by atoms with van der Waals surface area (Å²) in [7, 11) is -0.744.